The molecule has 0 aliphatic heterocycles. The van der Waals surface area contributed by atoms with Crippen molar-refractivity contribution in [2.24, 2.45) is 0 Å². The zero-order chi connectivity index (χ0) is 20.6. The van der Waals surface area contributed by atoms with Crippen LogP contribution in [0.2, 0.25) is 0 Å². The highest BCUT2D eigenvalue weighted by Crippen LogP contribution is 2.26. The molecule has 0 fully saturated rings. The summed E-state index contributed by atoms with van der Waals surface area (Å²) in [5.74, 6) is -0.0889. The first-order valence-corrected chi connectivity index (χ1v) is 11.1. The number of ether oxygens (including phenoxy) is 2. The quantitative estimate of drug-likeness (QED) is 0.243. The number of benzene rings is 2. The van der Waals surface area contributed by atoms with Gasteiger partial charge in [0.2, 0.25) is 0 Å². The summed E-state index contributed by atoms with van der Waals surface area (Å²) in [4.78, 5) is 11.0. The van der Waals surface area contributed by atoms with E-state index in [1.165, 1.54) is 56.8 Å². The van der Waals surface area contributed by atoms with Crippen molar-refractivity contribution in [2.45, 2.75) is 70.3 Å². The van der Waals surface area contributed by atoms with Gasteiger partial charge in [-0.15, -0.1) is 0 Å². The number of rotatable bonds is 15. The van der Waals surface area contributed by atoms with E-state index in [4.69, 9.17) is 4.74 Å². The molecule has 0 aliphatic carbocycles. The van der Waals surface area contributed by atoms with E-state index in [-0.39, 0.29) is 12.1 Å². The molecule has 0 saturated carbocycles. The molecule has 0 amide bonds. The third kappa shape index (κ3) is 9.76. The molecule has 0 aromatic heterocycles. The molecule has 0 radical (unpaired) electrons. The van der Waals surface area contributed by atoms with Gasteiger partial charge in [0, 0.05) is 13.0 Å². The maximum absolute atomic E-state index is 11.0. The van der Waals surface area contributed by atoms with Gasteiger partial charge in [-0.2, -0.15) is 0 Å². The van der Waals surface area contributed by atoms with Crippen LogP contribution >= 0.6 is 0 Å². The highest BCUT2D eigenvalue weighted by atomic mass is 16.5. The molecule has 2 aromatic rings. The minimum atomic E-state index is -0.0889. The summed E-state index contributed by atoms with van der Waals surface area (Å²) < 4.78 is 10.9. The van der Waals surface area contributed by atoms with Gasteiger partial charge < -0.3 is 9.47 Å². The molecule has 0 heterocycles. The Labute approximate surface area is 176 Å². The molecule has 0 N–H and O–H groups in total. The minimum Gasteiger partial charge on any atom is -0.469 e. The van der Waals surface area contributed by atoms with Crippen LogP contribution in [0.25, 0.3) is 0 Å². The lowest BCUT2D eigenvalue weighted by molar-refractivity contribution is -0.140. The smallest absolute Gasteiger partial charge is 0.305 e. The van der Waals surface area contributed by atoms with Gasteiger partial charge >= 0.3 is 5.97 Å². The van der Waals surface area contributed by atoms with Crippen molar-refractivity contribution < 1.29 is 14.3 Å². The molecule has 29 heavy (non-hydrogen) atoms. The summed E-state index contributed by atoms with van der Waals surface area (Å²) in [6.07, 6.45) is 11.3. The fourth-order valence-corrected chi connectivity index (χ4v) is 3.55. The van der Waals surface area contributed by atoms with Crippen LogP contribution in [0.3, 0.4) is 0 Å². The van der Waals surface area contributed by atoms with Crippen LogP contribution in [0.5, 0.6) is 0 Å². The number of hydrogen-bond donors (Lipinski definition) is 0. The van der Waals surface area contributed by atoms with E-state index < -0.39 is 0 Å². The zero-order valence-electron chi connectivity index (χ0n) is 17.9. The molecule has 3 heteroatoms. The van der Waals surface area contributed by atoms with Gasteiger partial charge in [0.05, 0.1) is 7.11 Å². The summed E-state index contributed by atoms with van der Waals surface area (Å²) in [5.41, 5.74) is 2.43. The van der Waals surface area contributed by atoms with Crippen LogP contribution in [0.4, 0.5) is 0 Å². The summed E-state index contributed by atoms with van der Waals surface area (Å²) in [6, 6.07) is 21.0. The molecule has 0 saturated heterocycles. The molecule has 2 aromatic carbocycles. The van der Waals surface area contributed by atoms with Crippen molar-refractivity contribution in [2.75, 3.05) is 13.7 Å². The second-order valence-electron chi connectivity index (χ2n) is 7.58. The van der Waals surface area contributed by atoms with E-state index in [2.05, 4.69) is 53.3 Å². The van der Waals surface area contributed by atoms with E-state index in [1.54, 1.807) is 0 Å². The lowest BCUT2D eigenvalue weighted by atomic mass is 10.0. The summed E-state index contributed by atoms with van der Waals surface area (Å²) in [6.45, 7) is 0.794. The van der Waals surface area contributed by atoms with Crippen LogP contribution in [0.1, 0.15) is 81.4 Å². The Balaban J connectivity index is 1.55. The normalized spacial score (nSPS) is 11.0. The van der Waals surface area contributed by atoms with Crippen LogP contribution in [-0.4, -0.2) is 19.7 Å². The Morgan fingerprint density at radius 1 is 0.690 bits per heavy atom. The standard InChI is InChI=1S/C26H36O3/c1-28-25(27)21-15-7-5-3-2-4-6-8-16-22-29-26(23-17-11-9-12-18-23)24-19-13-10-14-20-24/h9-14,17-20,26H,2-8,15-16,21-22H2,1H3. The zero-order valence-corrected chi connectivity index (χ0v) is 17.9. The van der Waals surface area contributed by atoms with E-state index in [0.717, 1.165) is 25.9 Å². The first-order valence-electron chi connectivity index (χ1n) is 11.1. The second kappa shape index (κ2) is 14.8. The maximum Gasteiger partial charge on any atom is 0.305 e. The first-order chi connectivity index (χ1) is 14.3. The number of methoxy groups -OCH3 is 1. The largest absolute Gasteiger partial charge is 0.469 e. The lowest BCUT2D eigenvalue weighted by Gasteiger charge is -2.19. The van der Waals surface area contributed by atoms with Crippen LogP contribution in [-0.2, 0) is 14.3 Å². The van der Waals surface area contributed by atoms with Gasteiger partial charge in [-0.3, -0.25) is 4.79 Å². The summed E-state index contributed by atoms with van der Waals surface area (Å²) in [5, 5.41) is 0. The van der Waals surface area contributed by atoms with E-state index in [1.807, 2.05) is 12.1 Å². The molecule has 0 unspecified atom stereocenters. The van der Waals surface area contributed by atoms with Crippen molar-refractivity contribution in [3.8, 4) is 0 Å². The fourth-order valence-electron chi connectivity index (χ4n) is 3.55. The SMILES string of the molecule is COC(=O)CCCCCCCCCCCOC(c1ccccc1)c1ccccc1. The number of esters is 1. The van der Waals surface area contributed by atoms with E-state index in [0.29, 0.717) is 6.42 Å². The Morgan fingerprint density at radius 2 is 1.14 bits per heavy atom. The average molecular weight is 397 g/mol. The van der Waals surface area contributed by atoms with Crippen LogP contribution < -0.4 is 0 Å². The molecule has 0 spiro atoms. The first kappa shape index (κ1) is 23.2. The Morgan fingerprint density at radius 3 is 1.62 bits per heavy atom. The van der Waals surface area contributed by atoms with Gasteiger partial charge in [0.25, 0.3) is 0 Å². The topological polar surface area (TPSA) is 35.5 Å². The van der Waals surface area contributed by atoms with Crippen molar-refractivity contribution in [3.05, 3.63) is 71.8 Å². The third-order valence-corrected chi connectivity index (χ3v) is 5.24. The second-order valence-corrected chi connectivity index (χ2v) is 7.58. The lowest BCUT2D eigenvalue weighted by Crippen LogP contribution is -2.07. The van der Waals surface area contributed by atoms with Gasteiger partial charge in [-0.25, -0.2) is 0 Å². The monoisotopic (exact) mass is 396 g/mol. The van der Waals surface area contributed by atoms with Crippen molar-refractivity contribution >= 4 is 5.97 Å². The Bertz CT molecular complexity index is 615. The molecule has 158 valence electrons. The van der Waals surface area contributed by atoms with Crippen LogP contribution in [0, 0.1) is 0 Å². The molecule has 0 atom stereocenters. The molecule has 2 rings (SSSR count). The minimum absolute atomic E-state index is 0.0161. The van der Waals surface area contributed by atoms with Gasteiger partial charge in [-0.1, -0.05) is 106 Å². The van der Waals surface area contributed by atoms with Crippen molar-refractivity contribution in [3.63, 3.8) is 0 Å². The molecule has 0 bridgehead atoms. The highest BCUT2D eigenvalue weighted by Gasteiger charge is 2.13. The summed E-state index contributed by atoms with van der Waals surface area (Å²) in [7, 11) is 1.46. The maximum atomic E-state index is 11.0. The van der Waals surface area contributed by atoms with Gasteiger partial charge in [0.15, 0.2) is 0 Å². The molecule has 3 nitrogen and oxygen atoms in total. The van der Waals surface area contributed by atoms with E-state index in [9.17, 15) is 4.79 Å². The van der Waals surface area contributed by atoms with Gasteiger partial charge in [-0.05, 0) is 24.0 Å². The Hall–Kier alpha value is -2.13. The average Bonchev–Trinajstić information content (AvgIpc) is 2.78. The van der Waals surface area contributed by atoms with E-state index >= 15 is 0 Å². The van der Waals surface area contributed by atoms with Crippen molar-refractivity contribution in [1.29, 1.82) is 0 Å². The van der Waals surface area contributed by atoms with Crippen molar-refractivity contribution in [1.82, 2.24) is 0 Å². The predicted molar refractivity (Wildman–Crippen MR) is 119 cm³/mol. The molecular weight excluding hydrogens is 360 g/mol. The molecule has 0 aliphatic rings. The van der Waals surface area contributed by atoms with Gasteiger partial charge in [0.1, 0.15) is 6.10 Å². The predicted octanol–water partition coefficient (Wildman–Crippen LogP) is 6.87. The number of carbonyl (C=O) groups is 1. The highest BCUT2D eigenvalue weighted by molar-refractivity contribution is 5.68. The third-order valence-electron chi connectivity index (χ3n) is 5.24. The fraction of sp³-hybridized carbons (Fsp3) is 0.500. The number of carbonyl (C=O) groups excluding carboxylic acids is 1. The Kier molecular flexibility index (Phi) is 11.8. The number of unbranched alkanes of at least 4 members (excludes halogenated alkanes) is 8. The molecular formula is C26H36O3. The summed E-state index contributed by atoms with van der Waals surface area (Å²) >= 11 is 0. The van der Waals surface area contributed by atoms with Crippen LogP contribution in [0.15, 0.2) is 60.7 Å². The number of hydrogen-bond acceptors (Lipinski definition) is 3.